The number of aromatic nitrogens is 4. The van der Waals surface area contributed by atoms with Crippen molar-refractivity contribution in [1.29, 1.82) is 0 Å². The number of halogens is 6. The maximum Gasteiger partial charge on any atom is 0.500 e. The van der Waals surface area contributed by atoms with Crippen LogP contribution in [0.25, 0.3) is 22.4 Å². The Kier molecular flexibility index (Phi) is 6.30. The molecule has 0 aliphatic carbocycles. The minimum absolute atomic E-state index is 0.156. The van der Waals surface area contributed by atoms with E-state index in [9.17, 15) is 26.3 Å². The lowest BCUT2D eigenvalue weighted by atomic mass is 10.1. The van der Waals surface area contributed by atoms with Crippen molar-refractivity contribution in [1.82, 2.24) is 15.0 Å². The zero-order chi connectivity index (χ0) is 24.5. The van der Waals surface area contributed by atoms with Gasteiger partial charge in [-0.05, 0) is 29.6 Å². The van der Waals surface area contributed by atoms with Crippen LogP contribution in [0.3, 0.4) is 0 Å². The van der Waals surface area contributed by atoms with Gasteiger partial charge in [0.2, 0.25) is 0 Å². The largest absolute Gasteiger partial charge is 0.500 e. The average molecular weight is 493 g/mol. The monoisotopic (exact) mass is 493 g/mol. The molecule has 0 fully saturated rings. The molecule has 174 valence electrons. The van der Waals surface area contributed by atoms with Gasteiger partial charge in [-0.25, -0.2) is 4.98 Å². The zero-order valence-electron chi connectivity index (χ0n) is 17.4. The molecule has 0 spiro atoms. The van der Waals surface area contributed by atoms with E-state index in [2.05, 4.69) is 15.0 Å². The van der Waals surface area contributed by atoms with Crippen LogP contribution in [-0.4, -0.2) is 15.0 Å². The summed E-state index contributed by atoms with van der Waals surface area (Å²) in [5, 5.41) is 0. The Morgan fingerprint density at radius 2 is 1.47 bits per heavy atom. The Morgan fingerprint density at radius 3 is 2.12 bits per heavy atom. The third kappa shape index (κ3) is 5.36. The van der Waals surface area contributed by atoms with Crippen LogP contribution in [0.2, 0.25) is 0 Å². The fourth-order valence-electron chi connectivity index (χ4n) is 3.10. The normalized spacial score (nSPS) is 12.1. The van der Waals surface area contributed by atoms with Crippen LogP contribution in [-0.2, 0) is 12.4 Å². The van der Waals surface area contributed by atoms with Crippen molar-refractivity contribution >= 4 is 11.9 Å². The van der Waals surface area contributed by atoms with E-state index < -0.39 is 23.9 Å². The van der Waals surface area contributed by atoms with Crippen molar-refractivity contribution in [2.24, 2.45) is 0 Å². The molecule has 11 heteroatoms. The lowest BCUT2D eigenvalue weighted by Gasteiger charge is -2.09. The van der Waals surface area contributed by atoms with Crippen molar-refractivity contribution in [2.75, 3.05) is 0 Å². The van der Waals surface area contributed by atoms with Gasteiger partial charge in [0.1, 0.15) is 18.1 Å². The number of aryl methyl sites for hydroxylation is 1. The first-order valence-electron chi connectivity index (χ1n) is 9.75. The maximum absolute atomic E-state index is 13.6. The van der Waals surface area contributed by atoms with Crippen LogP contribution in [0.4, 0.5) is 26.3 Å². The summed E-state index contributed by atoms with van der Waals surface area (Å²) in [5.41, 5.74) is 1.58. The predicted molar refractivity (Wildman–Crippen MR) is 113 cm³/mol. The highest BCUT2D eigenvalue weighted by Crippen LogP contribution is 2.31. The summed E-state index contributed by atoms with van der Waals surface area (Å²) in [5.74, 6) is -1.10. The van der Waals surface area contributed by atoms with Crippen molar-refractivity contribution in [2.45, 2.75) is 24.2 Å². The van der Waals surface area contributed by atoms with E-state index in [1.165, 1.54) is 18.5 Å². The first kappa shape index (κ1) is 23.7. The van der Waals surface area contributed by atoms with Gasteiger partial charge in [-0.15, -0.1) is 0 Å². The van der Waals surface area contributed by atoms with Gasteiger partial charge in [0.25, 0.3) is 0 Å². The fourth-order valence-corrected chi connectivity index (χ4v) is 4.05. The highest BCUT2D eigenvalue weighted by Gasteiger charge is 2.44. The third-order valence-corrected chi connectivity index (χ3v) is 5.61. The van der Waals surface area contributed by atoms with E-state index >= 15 is 0 Å². The molecule has 0 radical (unpaired) electrons. The highest BCUT2D eigenvalue weighted by molar-refractivity contribution is 7.92. The van der Waals surface area contributed by atoms with Crippen LogP contribution < -0.4 is 3.97 Å². The molecule has 0 saturated heterocycles. The molecule has 34 heavy (non-hydrogen) atoms. The molecule has 0 N–H and O–H groups in total. The summed E-state index contributed by atoms with van der Waals surface area (Å²) in [6, 6.07) is 13.5. The van der Waals surface area contributed by atoms with Gasteiger partial charge in [-0.1, -0.05) is 42.0 Å². The molecule has 0 aliphatic rings. The number of nitrogens with zero attached hydrogens (tertiary/aromatic N) is 4. The Hall–Kier alpha value is -3.47. The minimum atomic E-state index is -4.70. The predicted octanol–water partition coefficient (Wildman–Crippen LogP) is 6.39. The molecule has 0 atom stereocenters. The summed E-state index contributed by atoms with van der Waals surface area (Å²) >= 11 is 0.776. The summed E-state index contributed by atoms with van der Waals surface area (Å²) in [6.07, 6.45) is -5.22. The minimum Gasteiger partial charge on any atom is -0.252 e. The van der Waals surface area contributed by atoms with Crippen LogP contribution >= 0.6 is 11.9 Å². The number of hydrogen-bond donors (Lipinski definition) is 0. The van der Waals surface area contributed by atoms with Crippen molar-refractivity contribution < 1.29 is 30.3 Å². The number of hydrogen-bond acceptors (Lipinski definition) is 4. The molecule has 4 rings (SSSR count). The second-order valence-corrected chi connectivity index (χ2v) is 8.31. The first-order chi connectivity index (χ1) is 16.0. The lowest BCUT2D eigenvalue weighted by molar-refractivity contribution is -0.531. The molecule has 0 unspecified atom stereocenters. The molecular formula is C23H15F6N4S+. The number of benzene rings is 2. The van der Waals surface area contributed by atoms with Gasteiger partial charge in [-0.3, -0.25) is 4.98 Å². The van der Waals surface area contributed by atoms with Gasteiger partial charge in [-0.2, -0.15) is 30.3 Å². The smallest absolute Gasteiger partial charge is 0.252 e. The quantitative estimate of drug-likeness (QED) is 0.244. The zero-order valence-corrected chi connectivity index (χ0v) is 18.2. The van der Waals surface area contributed by atoms with Gasteiger partial charge in [0.05, 0.1) is 28.5 Å². The van der Waals surface area contributed by atoms with E-state index in [1.54, 1.807) is 30.3 Å². The Bertz CT molecular complexity index is 1320. The molecule has 2 aromatic heterocycles. The van der Waals surface area contributed by atoms with Crippen molar-refractivity contribution in [3.63, 3.8) is 0 Å². The molecule has 0 amide bonds. The SMILES string of the molecule is Cc1cccc(-c2cnc(C(F)(F)F)[n+](Sc3cccc(-c4cnc(C(F)(F)F)cn4)c3)c2)c1. The molecular weight excluding hydrogens is 478 g/mol. The first-order valence-corrected chi connectivity index (χ1v) is 10.5. The van der Waals surface area contributed by atoms with Crippen LogP contribution in [0.15, 0.2) is 78.2 Å². The van der Waals surface area contributed by atoms with Crippen molar-refractivity contribution in [3.8, 4) is 22.4 Å². The molecule has 0 aliphatic heterocycles. The second kappa shape index (κ2) is 9.05. The summed E-state index contributed by atoms with van der Waals surface area (Å²) in [6.45, 7) is 1.87. The molecule has 0 saturated carbocycles. The van der Waals surface area contributed by atoms with Crippen LogP contribution in [0, 0.1) is 6.92 Å². The van der Waals surface area contributed by atoms with E-state index in [0.717, 1.165) is 27.7 Å². The standard InChI is InChI=1S/C23H15F6N4S/c1-14-4-2-5-15(8-14)17-10-32-21(23(27,28)29)33(13-17)34-18-7-3-6-16(9-18)19-11-31-20(12-30-19)22(24,25)26/h2-13H,1H3/q+1. The molecule has 2 aromatic carbocycles. The highest BCUT2D eigenvalue weighted by atomic mass is 32.2. The summed E-state index contributed by atoms with van der Waals surface area (Å²) < 4.78 is 80.0. The molecule has 4 nitrogen and oxygen atoms in total. The van der Waals surface area contributed by atoms with Gasteiger partial charge in [0, 0.05) is 5.56 Å². The summed E-state index contributed by atoms with van der Waals surface area (Å²) in [4.78, 5) is 11.2. The molecule has 2 heterocycles. The molecule has 0 bridgehead atoms. The van der Waals surface area contributed by atoms with E-state index in [-0.39, 0.29) is 5.69 Å². The number of alkyl halides is 6. The average Bonchev–Trinajstić information content (AvgIpc) is 2.78. The van der Waals surface area contributed by atoms with Crippen LogP contribution in [0.1, 0.15) is 17.1 Å². The fraction of sp³-hybridized carbons (Fsp3) is 0.130. The van der Waals surface area contributed by atoms with E-state index in [0.29, 0.717) is 27.8 Å². The topological polar surface area (TPSA) is 42.5 Å². The van der Waals surface area contributed by atoms with Gasteiger partial charge >= 0.3 is 18.2 Å². The lowest BCUT2D eigenvalue weighted by Crippen LogP contribution is -2.37. The number of rotatable bonds is 4. The van der Waals surface area contributed by atoms with Gasteiger partial charge < -0.3 is 0 Å². The third-order valence-electron chi connectivity index (χ3n) is 4.67. The second-order valence-electron chi connectivity index (χ2n) is 7.26. The Balaban J connectivity index is 1.70. The van der Waals surface area contributed by atoms with E-state index in [1.807, 2.05) is 19.1 Å². The van der Waals surface area contributed by atoms with Crippen LogP contribution in [0.5, 0.6) is 0 Å². The Labute approximate surface area is 194 Å². The molecule has 4 aromatic rings. The van der Waals surface area contributed by atoms with Gasteiger partial charge in [0.15, 0.2) is 11.9 Å². The Morgan fingerprint density at radius 1 is 0.735 bits per heavy atom. The van der Waals surface area contributed by atoms with Crippen molar-refractivity contribution in [3.05, 3.63) is 90.4 Å². The summed E-state index contributed by atoms with van der Waals surface area (Å²) in [7, 11) is 0. The maximum atomic E-state index is 13.6. The van der Waals surface area contributed by atoms with E-state index in [4.69, 9.17) is 0 Å².